The number of anilines is 1. The van der Waals surface area contributed by atoms with Crippen molar-refractivity contribution in [2.45, 2.75) is 46.5 Å². The van der Waals surface area contributed by atoms with Gasteiger partial charge in [-0.15, -0.1) is 0 Å². The van der Waals surface area contributed by atoms with Crippen LogP contribution in [0.3, 0.4) is 0 Å². The highest BCUT2D eigenvalue weighted by Crippen LogP contribution is 2.28. The normalized spacial score (nSPS) is 11.3. The molecule has 160 valence electrons. The first-order chi connectivity index (χ1) is 14.3. The van der Waals surface area contributed by atoms with Crippen molar-refractivity contribution in [3.05, 3.63) is 40.2 Å². The van der Waals surface area contributed by atoms with Crippen LogP contribution in [0, 0.1) is 6.92 Å². The van der Waals surface area contributed by atoms with Gasteiger partial charge in [0.2, 0.25) is 5.88 Å². The Balaban J connectivity index is 1.73. The van der Waals surface area contributed by atoms with E-state index in [0.29, 0.717) is 29.4 Å². The minimum absolute atomic E-state index is 0.0228. The van der Waals surface area contributed by atoms with Gasteiger partial charge in [0.15, 0.2) is 5.78 Å². The fourth-order valence-electron chi connectivity index (χ4n) is 3.39. The molecule has 0 amide bonds. The molecular formula is C22H28ClN5O2. The standard InChI is InChI=1S/C22H28ClN5O2/c1-6-7-30-20-10-15(9-18(23)25-20)8-16(29)12-24-19-11-17(13(2)3)22-21(26-19)14(4)27-28(22)5/h9-11,13H,6-8,12H2,1-5H3,(H,24,26). The third-order valence-corrected chi connectivity index (χ3v) is 4.96. The zero-order valence-corrected chi connectivity index (χ0v) is 18.9. The fourth-order valence-corrected chi connectivity index (χ4v) is 3.61. The number of aryl methyl sites for hydroxylation is 2. The predicted octanol–water partition coefficient (Wildman–Crippen LogP) is 4.46. The Labute approximate surface area is 181 Å². The first-order valence-electron chi connectivity index (χ1n) is 10.2. The van der Waals surface area contributed by atoms with Crippen LogP contribution >= 0.6 is 11.6 Å². The number of nitrogens with one attached hydrogen (secondary N) is 1. The molecule has 0 saturated heterocycles. The topological polar surface area (TPSA) is 81.9 Å². The van der Waals surface area contributed by atoms with Gasteiger partial charge in [0, 0.05) is 19.5 Å². The predicted molar refractivity (Wildman–Crippen MR) is 120 cm³/mol. The van der Waals surface area contributed by atoms with Crippen LogP contribution in [0.15, 0.2) is 18.2 Å². The van der Waals surface area contributed by atoms with Crippen LogP contribution in [0.5, 0.6) is 5.88 Å². The Kier molecular flexibility index (Phi) is 6.92. The Bertz CT molecular complexity index is 1060. The van der Waals surface area contributed by atoms with E-state index < -0.39 is 0 Å². The highest BCUT2D eigenvalue weighted by molar-refractivity contribution is 6.29. The van der Waals surface area contributed by atoms with Gasteiger partial charge in [-0.25, -0.2) is 9.97 Å². The summed E-state index contributed by atoms with van der Waals surface area (Å²) >= 11 is 6.07. The lowest BCUT2D eigenvalue weighted by molar-refractivity contribution is -0.116. The maximum Gasteiger partial charge on any atom is 0.214 e. The first kappa shape index (κ1) is 22.0. The summed E-state index contributed by atoms with van der Waals surface area (Å²) < 4.78 is 7.41. The largest absolute Gasteiger partial charge is 0.478 e. The minimum Gasteiger partial charge on any atom is -0.478 e. The van der Waals surface area contributed by atoms with Gasteiger partial charge in [-0.2, -0.15) is 5.10 Å². The van der Waals surface area contributed by atoms with Gasteiger partial charge in [0.1, 0.15) is 16.5 Å². The third kappa shape index (κ3) is 5.08. The molecule has 0 unspecified atom stereocenters. The lowest BCUT2D eigenvalue weighted by atomic mass is 10.0. The number of carbonyl (C=O) groups is 1. The molecule has 0 radical (unpaired) electrons. The number of carbonyl (C=O) groups excluding carboxylic acids is 1. The Hall–Kier alpha value is -2.67. The molecule has 8 heteroatoms. The molecule has 0 fully saturated rings. The number of aromatic nitrogens is 4. The van der Waals surface area contributed by atoms with Gasteiger partial charge in [-0.3, -0.25) is 9.48 Å². The van der Waals surface area contributed by atoms with Crippen molar-refractivity contribution in [2.24, 2.45) is 7.05 Å². The molecule has 0 bridgehead atoms. The van der Waals surface area contributed by atoms with Gasteiger partial charge >= 0.3 is 0 Å². The molecule has 0 spiro atoms. The molecule has 3 aromatic rings. The van der Waals surface area contributed by atoms with Crippen molar-refractivity contribution >= 4 is 34.2 Å². The summed E-state index contributed by atoms with van der Waals surface area (Å²) in [7, 11) is 1.93. The van der Waals surface area contributed by atoms with Gasteiger partial charge in [0.05, 0.1) is 24.4 Å². The highest BCUT2D eigenvalue weighted by Gasteiger charge is 2.16. The number of nitrogens with zero attached hydrogens (tertiary/aromatic N) is 4. The molecular weight excluding hydrogens is 402 g/mol. The van der Waals surface area contributed by atoms with Crippen LogP contribution in [0.2, 0.25) is 5.15 Å². The fraction of sp³-hybridized carbons (Fsp3) is 0.455. The number of ether oxygens (including phenoxy) is 1. The number of hydrogen-bond donors (Lipinski definition) is 1. The number of ketones is 1. The third-order valence-electron chi connectivity index (χ3n) is 4.76. The SMILES string of the molecule is CCCOc1cc(CC(=O)CNc2cc(C(C)C)c3c(n2)c(C)nn3C)cc(Cl)n1. The second-order valence-corrected chi connectivity index (χ2v) is 8.10. The molecule has 0 aromatic carbocycles. The lowest BCUT2D eigenvalue weighted by Crippen LogP contribution is -2.17. The van der Waals surface area contributed by atoms with E-state index >= 15 is 0 Å². The average Bonchev–Trinajstić information content (AvgIpc) is 2.97. The zero-order chi connectivity index (χ0) is 21.8. The summed E-state index contributed by atoms with van der Waals surface area (Å²) in [4.78, 5) is 21.4. The van der Waals surface area contributed by atoms with E-state index in [-0.39, 0.29) is 18.7 Å². The van der Waals surface area contributed by atoms with E-state index in [0.717, 1.165) is 34.3 Å². The Morgan fingerprint density at radius 1 is 1.27 bits per heavy atom. The number of hydrogen-bond acceptors (Lipinski definition) is 6. The molecule has 0 aliphatic carbocycles. The first-order valence-corrected chi connectivity index (χ1v) is 10.5. The van der Waals surface area contributed by atoms with E-state index in [1.54, 1.807) is 12.1 Å². The Morgan fingerprint density at radius 3 is 2.73 bits per heavy atom. The van der Waals surface area contributed by atoms with Crippen molar-refractivity contribution in [2.75, 3.05) is 18.5 Å². The maximum absolute atomic E-state index is 12.6. The molecule has 30 heavy (non-hydrogen) atoms. The van der Waals surface area contributed by atoms with Crippen molar-refractivity contribution < 1.29 is 9.53 Å². The number of Topliss-reactive ketones (excluding diaryl/α,β-unsaturated/α-hetero) is 1. The van der Waals surface area contributed by atoms with Crippen LogP contribution in [0.4, 0.5) is 5.82 Å². The van der Waals surface area contributed by atoms with Crippen molar-refractivity contribution in [3.8, 4) is 5.88 Å². The van der Waals surface area contributed by atoms with E-state index in [1.807, 2.05) is 31.6 Å². The smallest absolute Gasteiger partial charge is 0.214 e. The second kappa shape index (κ2) is 9.43. The summed E-state index contributed by atoms with van der Waals surface area (Å²) in [6.07, 6.45) is 1.11. The van der Waals surface area contributed by atoms with Gasteiger partial charge in [-0.1, -0.05) is 32.4 Å². The number of halogens is 1. The summed E-state index contributed by atoms with van der Waals surface area (Å²) in [5, 5.41) is 7.99. The van der Waals surface area contributed by atoms with Gasteiger partial charge in [-0.05, 0) is 42.5 Å². The van der Waals surface area contributed by atoms with Crippen LogP contribution < -0.4 is 10.1 Å². The monoisotopic (exact) mass is 429 g/mol. The van der Waals surface area contributed by atoms with Crippen LogP contribution in [0.1, 0.15) is 49.9 Å². The molecule has 0 atom stereocenters. The number of fused-ring (bicyclic) bond motifs is 1. The Morgan fingerprint density at radius 2 is 2.03 bits per heavy atom. The molecule has 3 heterocycles. The van der Waals surface area contributed by atoms with Crippen molar-refractivity contribution in [1.82, 2.24) is 19.7 Å². The molecule has 3 rings (SSSR count). The highest BCUT2D eigenvalue weighted by atomic mass is 35.5. The summed E-state index contributed by atoms with van der Waals surface area (Å²) in [6.45, 7) is 8.96. The quantitative estimate of drug-likeness (QED) is 0.505. The second-order valence-electron chi connectivity index (χ2n) is 7.71. The van der Waals surface area contributed by atoms with Crippen LogP contribution in [-0.2, 0) is 18.3 Å². The molecule has 0 saturated carbocycles. The van der Waals surface area contributed by atoms with Crippen molar-refractivity contribution in [1.29, 1.82) is 0 Å². The molecule has 0 aliphatic heterocycles. The van der Waals surface area contributed by atoms with E-state index in [1.165, 1.54) is 0 Å². The maximum atomic E-state index is 12.6. The van der Waals surface area contributed by atoms with Crippen LogP contribution in [0.25, 0.3) is 11.0 Å². The summed E-state index contributed by atoms with van der Waals surface area (Å²) in [6, 6.07) is 5.46. The van der Waals surface area contributed by atoms with E-state index in [2.05, 4.69) is 34.2 Å². The van der Waals surface area contributed by atoms with E-state index in [9.17, 15) is 4.79 Å². The molecule has 7 nitrogen and oxygen atoms in total. The van der Waals surface area contributed by atoms with E-state index in [4.69, 9.17) is 16.3 Å². The molecule has 3 aromatic heterocycles. The average molecular weight is 430 g/mol. The van der Waals surface area contributed by atoms with Gasteiger partial charge in [0.25, 0.3) is 0 Å². The minimum atomic E-state index is 0.0228. The van der Waals surface area contributed by atoms with Gasteiger partial charge < -0.3 is 10.1 Å². The summed E-state index contributed by atoms with van der Waals surface area (Å²) in [5.74, 6) is 1.45. The molecule has 0 aliphatic rings. The number of pyridine rings is 2. The van der Waals surface area contributed by atoms with Crippen LogP contribution in [-0.4, -0.2) is 38.7 Å². The van der Waals surface area contributed by atoms with Crippen molar-refractivity contribution in [3.63, 3.8) is 0 Å². The summed E-state index contributed by atoms with van der Waals surface area (Å²) in [5.41, 5.74) is 4.69. The zero-order valence-electron chi connectivity index (χ0n) is 18.1. The lowest BCUT2D eigenvalue weighted by Gasteiger charge is -2.12. The number of rotatable bonds is 9. The molecule has 1 N–H and O–H groups in total.